The van der Waals surface area contributed by atoms with E-state index in [1.165, 1.54) is 10.6 Å². The number of carbonyl (C=O) groups excluding carboxylic acids is 1. The van der Waals surface area contributed by atoms with Crippen molar-refractivity contribution in [3.63, 3.8) is 0 Å². The molecule has 1 amide bonds. The van der Waals surface area contributed by atoms with E-state index in [9.17, 15) is 13.2 Å². The quantitative estimate of drug-likeness (QED) is 0.814. The first kappa shape index (κ1) is 19.4. The molecule has 1 aliphatic rings. The molecule has 1 aromatic rings. The topological polar surface area (TPSA) is 99.5 Å². The molecule has 1 heterocycles. The van der Waals surface area contributed by atoms with E-state index >= 15 is 0 Å². The van der Waals surface area contributed by atoms with Crippen LogP contribution in [0.25, 0.3) is 0 Å². The van der Waals surface area contributed by atoms with E-state index in [1.54, 1.807) is 31.4 Å². The lowest BCUT2D eigenvalue weighted by Gasteiger charge is -2.41. The Morgan fingerprint density at radius 2 is 2.08 bits per heavy atom. The number of methoxy groups -OCH3 is 1. The molecule has 0 aromatic heterocycles. The van der Waals surface area contributed by atoms with E-state index in [0.29, 0.717) is 50.1 Å². The molecular weight excluding hydrogens is 342 g/mol. The molecule has 0 unspecified atom stereocenters. The fourth-order valence-corrected chi connectivity index (χ4v) is 3.87. The molecule has 0 radical (unpaired) electrons. The van der Waals surface area contributed by atoms with Crippen molar-refractivity contribution in [1.82, 2.24) is 9.62 Å². The molecule has 1 fully saturated rings. The number of rotatable bonds is 6. The molecule has 0 spiro atoms. The monoisotopic (exact) mass is 365 g/mol. The summed E-state index contributed by atoms with van der Waals surface area (Å²) in [6.45, 7) is 1.19. The SMILES string of the molecule is COCCC1(NC(=O)c2cccc(C#N)c2)CCN(S(C)(=O)=O)CC1. The maximum atomic E-state index is 12.6. The Balaban J connectivity index is 2.15. The molecular formula is C17H23N3O4S. The Hall–Kier alpha value is -1.95. The Morgan fingerprint density at radius 1 is 1.40 bits per heavy atom. The molecule has 8 heteroatoms. The van der Waals surface area contributed by atoms with Gasteiger partial charge in [0.15, 0.2) is 0 Å². The van der Waals surface area contributed by atoms with Gasteiger partial charge in [-0.25, -0.2) is 12.7 Å². The lowest BCUT2D eigenvalue weighted by atomic mass is 9.85. The van der Waals surface area contributed by atoms with Crippen LogP contribution >= 0.6 is 0 Å². The van der Waals surface area contributed by atoms with Crippen LogP contribution in [0.3, 0.4) is 0 Å². The van der Waals surface area contributed by atoms with Gasteiger partial charge in [0.2, 0.25) is 10.0 Å². The third-order valence-corrected chi connectivity index (χ3v) is 5.87. The highest BCUT2D eigenvalue weighted by molar-refractivity contribution is 7.88. The number of carbonyl (C=O) groups is 1. The second-order valence-electron chi connectivity index (χ2n) is 6.33. The first-order valence-corrected chi connectivity index (χ1v) is 9.91. The van der Waals surface area contributed by atoms with Gasteiger partial charge in [0, 0.05) is 37.9 Å². The van der Waals surface area contributed by atoms with Gasteiger partial charge in [0.05, 0.1) is 17.9 Å². The molecule has 0 bridgehead atoms. The molecule has 0 saturated carbocycles. The number of amides is 1. The zero-order chi connectivity index (χ0) is 18.5. The number of benzene rings is 1. The number of nitriles is 1. The van der Waals surface area contributed by atoms with Crippen molar-refractivity contribution in [3.05, 3.63) is 35.4 Å². The summed E-state index contributed by atoms with van der Waals surface area (Å²) in [5, 5.41) is 12.0. The highest BCUT2D eigenvalue weighted by Crippen LogP contribution is 2.27. The van der Waals surface area contributed by atoms with Crippen LogP contribution in [0.2, 0.25) is 0 Å². The van der Waals surface area contributed by atoms with Crippen molar-refractivity contribution >= 4 is 15.9 Å². The largest absolute Gasteiger partial charge is 0.385 e. The maximum absolute atomic E-state index is 12.6. The summed E-state index contributed by atoms with van der Waals surface area (Å²) in [7, 11) is -1.64. The number of nitrogens with one attached hydrogen (secondary N) is 1. The van der Waals surface area contributed by atoms with Gasteiger partial charge in [-0.2, -0.15) is 5.26 Å². The van der Waals surface area contributed by atoms with E-state index in [-0.39, 0.29) is 5.91 Å². The highest BCUT2D eigenvalue weighted by atomic mass is 32.2. The summed E-state index contributed by atoms with van der Waals surface area (Å²) in [6, 6.07) is 8.53. The van der Waals surface area contributed by atoms with Gasteiger partial charge in [-0.3, -0.25) is 4.79 Å². The predicted molar refractivity (Wildman–Crippen MR) is 93.5 cm³/mol. The first-order chi connectivity index (χ1) is 11.8. The van der Waals surface area contributed by atoms with E-state index in [4.69, 9.17) is 10.00 Å². The third kappa shape index (κ3) is 5.01. The molecule has 1 N–H and O–H groups in total. The average Bonchev–Trinajstić information content (AvgIpc) is 2.59. The summed E-state index contributed by atoms with van der Waals surface area (Å²) in [6.07, 6.45) is 2.84. The standard InChI is InChI=1S/C17H23N3O4S/c1-24-11-8-17(6-9-20(10-7-17)25(2,22)23)19-16(21)15-5-3-4-14(12-15)13-18/h3-5,12H,6-11H2,1-2H3,(H,19,21). The minimum Gasteiger partial charge on any atom is -0.385 e. The average molecular weight is 365 g/mol. The highest BCUT2D eigenvalue weighted by Gasteiger charge is 2.38. The molecule has 1 saturated heterocycles. The Labute approximate surface area is 148 Å². The van der Waals surface area contributed by atoms with Crippen LogP contribution in [0.5, 0.6) is 0 Å². The fourth-order valence-electron chi connectivity index (χ4n) is 3.02. The number of nitrogens with zero attached hydrogens (tertiary/aromatic N) is 2. The predicted octanol–water partition coefficient (Wildman–Crippen LogP) is 1.12. The molecule has 1 aliphatic heterocycles. The van der Waals surface area contributed by atoms with Crippen LogP contribution in [-0.2, 0) is 14.8 Å². The fraction of sp³-hybridized carbons (Fsp3) is 0.529. The lowest BCUT2D eigenvalue weighted by Crippen LogP contribution is -2.56. The Kier molecular flexibility index (Phi) is 6.16. The summed E-state index contributed by atoms with van der Waals surface area (Å²) in [4.78, 5) is 12.6. The number of hydrogen-bond donors (Lipinski definition) is 1. The van der Waals surface area contributed by atoms with Crippen LogP contribution in [-0.4, -0.2) is 57.2 Å². The van der Waals surface area contributed by atoms with Gasteiger partial charge in [-0.05, 0) is 37.5 Å². The maximum Gasteiger partial charge on any atom is 0.251 e. The normalized spacial score (nSPS) is 17.6. The third-order valence-electron chi connectivity index (χ3n) is 4.57. The van der Waals surface area contributed by atoms with E-state index in [1.807, 2.05) is 6.07 Å². The molecule has 0 atom stereocenters. The van der Waals surface area contributed by atoms with Crippen LogP contribution in [0.1, 0.15) is 35.2 Å². The molecule has 1 aromatic carbocycles. The van der Waals surface area contributed by atoms with Gasteiger partial charge < -0.3 is 10.1 Å². The molecule has 2 rings (SSSR count). The first-order valence-electron chi connectivity index (χ1n) is 8.06. The van der Waals surface area contributed by atoms with Gasteiger partial charge in [-0.15, -0.1) is 0 Å². The van der Waals surface area contributed by atoms with E-state index in [2.05, 4.69) is 5.32 Å². The van der Waals surface area contributed by atoms with Gasteiger partial charge >= 0.3 is 0 Å². The number of sulfonamides is 1. The zero-order valence-corrected chi connectivity index (χ0v) is 15.3. The molecule has 7 nitrogen and oxygen atoms in total. The number of ether oxygens (including phenoxy) is 1. The minimum atomic E-state index is -3.23. The lowest BCUT2D eigenvalue weighted by molar-refractivity contribution is 0.0784. The summed E-state index contributed by atoms with van der Waals surface area (Å²) < 4.78 is 30.0. The molecule has 136 valence electrons. The summed E-state index contributed by atoms with van der Waals surface area (Å²) in [5.74, 6) is -0.263. The van der Waals surface area contributed by atoms with Crippen molar-refractivity contribution in [2.45, 2.75) is 24.8 Å². The van der Waals surface area contributed by atoms with Crippen molar-refractivity contribution in [3.8, 4) is 6.07 Å². The zero-order valence-electron chi connectivity index (χ0n) is 14.5. The Morgan fingerprint density at radius 3 is 2.64 bits per heavy atom. The van der Waals surface area contributed by atoms with Gasteiger partial charge in [0.1, 0.15) is 0 Å². The van der Waals surface area contributed by atoms with Crippen molar-refractivity contribution < 1.29 is 17.9 Å². The van der Waals surface area contributed by atoms with Crippen LogP contribution in [0.15, 0.2) is 24.3 Å². The van der Waals surface area contributed by atoms with Crippen LogP contribution in [0, 0.1) is 11.3 Å². The van der Waals surface area contributed by atoms with E-state index in [0.717, 1.165) is 0 Å². The van der Waals surface area contributed by atoms with Crippen LogP contribution < -0.4 is 5.32 Å². The Bertz CT molecular complexity index is 762. The van der Waals surface area contributed by atoms with Crippen LogP contribution in [0.4, 0.5) is 0 Å². The van der Waals surface area contributed by atoms with Crippen molar-refractivity contribution in [2.24, 2.45) is 0 Å². The van der Waals surface area contributed by atoms with Crippen molar-refractivity contribution in [1.29, 1.82) is 5.26 Å². The summed E-state index contributed by atoms with van der Waals surface area (Å²) >= 11 is 0. The van der Waals surface area contributed by atoms with Gasteiger partial charge in [0.25, 0.3) is 5.91 Å². The minimum absolute atomic E-state index is 0.263. The van der Waals surface area contributed by atoms with Gasteiger partial charge in [-0.1, -0.05) is 6.07 Å². The second kappa shape index (κ2) is 7.95. The number of piperidine rings is 1. The smallest absolute Gasteiger partial charge is 0.251 e. The number of hydrogen-bond acceptors (Lipinski definition) is 5. The van der Waals surface area contributed by atoms with E-state index < -0.39 is 15.6 Å². The molecule has 0 aliphatic carbocycles. The second-order valence-corrected chi connectivity index (χ2v) is 8.31. The van der Waals surface area contributed by atoms with Crippen molar-refractivity contribution in [2.75, 3.05) is 33.1 Å². The summed E-state index contributed by atoms with van der Waals surface area (Å²) in [5.41, 5.74) is 0.323. The molecule has 25 heavy (non-hydrogen) atoms.